The van der Waals surface area contributed by atoms with Gasteiger partial charge in [-0.3, -0.25) is 4.79 Å². The highest BCUT2D eigenvalue weighted by Crippen LogP contribution is 2.29. The standard InChI is InChI=1S/C20H30N2O2S/c1-3-5-6-7-8-9-10-11-12-19(23)22-20-21-17-14-13-16(24-4-2)15-18(17)25-20/h13-15H,3-12H2,1-2H3,(H,21,22,23). The number of rotatable bonds is 12. The molecule has 1 amide bonds. The molecule has 0 spiro atoms. The van der Waals surface area contributed by atoms with Crippen LogP contribution in [0.25, 0.3) is 10.2 Å². The highest BCUT2D eigenvalue weighted by atomic mass is 32.1. The van der Waals surface area contributed by atoms with Crippen LogP contribution in [0.5, 0.6) is 5.75 Å². The predicted molar refractivity (Wildman–Crippen MR) is 107 cm³/mol. The molecule has 0 radical (unpaired) electrons. The number of carbonyl (C=O) groups excluding carboxylic acids is 1. The van der Waals surface area contributed by atoms with Crippen molar-refractivity contribution in [1.82, 2.24) is 4.98 Å². The molecule has 4 nitrogen and oxygen atoms in total. The highest BCUT2D eigenvalue weighted by molar-refractivity contribution is 7.22. The van der Waals surface area contributed by atoms with Crippen LogP contribution in [-0.2, 0) is 4.79 Å². The zero-order chi connectivity index (χ0) is 17.9. The Morgan fingerprint density at radius 1 is 1.08 bits per heavy atom. The van der Waals surface area contributed by atoms with Gasteiger partial charge in [-0.1, -0.05) is 63.2 Å². The van der Waals surface area contributed by atoms with E-state index in [0.29, 0.717) is 18.2 Å². The fraction of sp³-hybridized carbons (Fsp3) is 0.600. The first-order valence-electron chi connectivity index (χ1n) is 9.56. The van der Waals surface area contributed by atoms with E-state index in [9.17, 15) is 4.79 Å². The quantitative estimate of drug-likeness (QED) is 0.460. The van der Waals surface area contributed by atoms with E-state index >= 15 is 0 Å². The second kappa shape index (κ2) is 11.1. The normalized spacial score (nSPS) is 11.0. The molecule has 1 N–H and O–H groups in total. The molecule has 2 aromatic rings. The maximum absolute atomic E-state index is 12.1. The lowest BCUT2D eigenvalue weighted by Crippen LogP contribution is -2.10. The van der Waals surface area contributed by atoms with Gasteiger partial charge in [0.1, 0.15) is 5.75 Å². The van der Waals surface area contributed by atoms with Crippen molar-refractivity contribution in [3.63, 3.8) is 0 Å². The summed E-state index contributed by atoms with van der Waals surface area (Å²) in [6.45, 7) is 4.85. The van der Waals surface area contributed by atoms with Crippen LogP contribution in [0.2, 0.25) is 0 Å². The van der Waals surface area contributed by atoms with E-state index in [-0.39, 0.29) is 5.91 Å². The Morgan fingerprint density at radius 2 is 1.80 bits per heavy atom. The fourth-order valence-corrected chi connectivity index (χ4v) is 3.73. The van der Waals surface area contributed by atoms with E-state index in [0.717, 1.165) is 28.8 Å². The van der Waals surface area contributed by atoms with Gasteiger partial charge in [-0.15, -0.1) is 0 Å². The number of nitrogens with one attached hydrogen (secondary N) is 1. The van der Waals surface area contributed by atoms with Crippen LogP contribution < -0.4 is 10.1 Å². The average Bonchev–Trinajstić information content (AvgIpc) is 2.99. The van der Waals surface area contributed by atoms with Crippen LogP contribution in [-0.4, -0.2) is 17.5 Å². The number of amides is 1. The molecule has 0 fully saturated rings. The Kier molecular flexibility index (Phi) is 8.73. The first-order chi connectivity index (χ1) is 12.2. The van der Waals surface area contributed by atoms with Gasteiger partial charge in [-0.2, -0.15) is 0 Å². The smallest absolute Gasteiger partial charge is 0.226 e. The van der Waals surface area contributed by atoms with Gasteiger partial charge < -0.3 is 10.1 Å². The third kappa shape index (κ3) is 7.02. The first kappa shape index (κ1) is 19.7. The number of carbonyl (C=O) groups is 1. The topological polar surface area (TPSA) is 51.2 Å². The molecule has 5 heteroatoms. The average molecular weight is 363 g/mol. The van der Waals surface area contributed by atoms with Gasteiger partial charge in [0.2, 0.25) is 5.91 Å². The Bertz CT molecular complexity index is 654. The molecule has 138 valence electrons. The van der Waals surface area contributed by atoms with E-state index < -0.39 is 0 Å². The number of thiazole rings is 1. The Balaban J connectivity index is 1.69. The van der Waals surface area contributed by atoms with Gasteiger partial charge in [-0.05, 0) is 31.5 Å². The van der Waals surface area contributed by atoms with Crippen molar-refractivity contribution in [3.8, 4) is 5.75 Å². The monoisotopic (exact) mass is 362 g/mol. The van der Waals surface area contributed by atoms with Crippen LogP contribution in [0.15, 0.2) is 18.2 Å². The van der Waals surface area contributed by atoms with Crippen LogP contribution in [0.3, 0.4) is 0 Å². The molecule has 0 aliphatic rings. The molecular formula is C20H30N2O2S. The highest BCUT2D eigenvalue weighted by Gasteiger charge is 2.08. The van der Waals surface area contributed by atoms with Crippen molar-refractivity contribution in [3.05, 3.63) is 18.2 Å². The molecule has 0 atom stereocenters. The number of ether oxygens (including phenoxy) is 1. The molecule has 25 heavy (non-hydrogen) atoms. The summed E-state index contributed by atoms with van der Waals surface area (Å²) in [7, 11) is 0. The second-order valence-corrected chi connectivity index (χ2v) is 7.39. The van der Waals surface area contributed by atoms with Crippen molar-refractivity contribution in [2.24, 2.45) is 0 Å². The Labute approximate surface area is 155 Å². The molecule has 0 bridgehead atoms. The summed E-state index contributed by atoms with van der Waals surface area (Å²) in [5.74, 6) is 0.908. The zero-order valence-corrected chi connectivity index (χ0v) is 16.3. The molecule has 0 unspecified atom stereocenters. The molecule has 0 aliphatic heterocycles. The van der Waals surface area contributed by atoms with Crippen LogP contribution in [0, 0.1) is 0 Å². The lowest BCUT2D eigenvalue weighted by atomic mass is 10.1. The number of anilines is 1. The minimum absolute atomic E-state index is 0.0649. The van der Waals surface area contributed by atoms with Crippen molar-refractivity contribution in [2.45, 2.75) is 71.6 Å². The molecule has 0 saturated carbocycles. The van der Waals surface area contributed by atoms with Crippen LogP contribution >= 0.6 is 11.3 Å². The first-order valence-corrected chi connectivity index (χ1v) is 10.4. The lowest BCUT2D eigenvalue weighted by molar-refractivity contribution is -0.116. The van der Waals surface area contributed by atoms with Gasteiger partial charge >= 0.3 is 0 Å². The third-order valence-corrected chi connectivity index (χ3v) is 5.11. The van der Waals surface area contributed by atoms with Gasteiger partial charge in [0.25, 0.3) is 0 Å². The number of benzene rings is 1. The molecule has 0 saturated heterocycles. The summed E-state index contributed by atoms with van der Waals surface area (Å²) >= 11 is 1.50. The third-order valence-electron chi connectivity index (χ3n) is 4.17. The molecular weight excluding hydrogens is 332 g/mol. The fourth-order valence-electron chi connectivity index (χ4n) is 2.82. The minimum Gasteiger partial charge on any atom is -0.494 e. The van der Waals surface area contributed by atoms with Crippen LogP contribution in [0.4, 0.5) is 5.13 Å². The van der Waals surface area contributed by atoms with Crippen LogP contribution in [0.1, 0.15) is 71.6 Å². The van der Waals surface area contributed by atoms with Gasteiger partial charge in [0, 0.05) is 6.42 Å². The van der Waals surface area contributed by atoms with E-state index in [4.69, 9.17) is 4.74 Å². The Hall–Kier alpha value is -1.62. The van der Waals surface area contributed by atoms with E-state index in [1.165, 1.54) is 49.9 Å². The largest absolute Gasteiger partial charge is 0.494 e. The number of unbranched alkanes of at least 4 members (excludes halogenated alkanes) is 7. The predicted octanol–water partition coefficient (Wildman–Crippen LogP) is 6.16. The lowest BCUT2D eigenvalue weighted by Gasteiger charge is -2.02. The summed E-state index contributed by atoms with van der Waals surface area (Å²) in [5, 5.41) is 3.60. The van der Waals surface area contributed by atoms with Crippen molar-refractivity contribution < 1.29 is 9.53 Å². The summed E-state index contributed by atoms with van der Waals surface area (Å²) in [4.78, 5) is 16.5. The van der Waals surface area contributed by atoms with Crippen molar-refractivity contribution in [2.75, 3.05) is 11.9 Å². The maximum Gasteiger partial charge on any atom is 0.226 e. The summed E-state index contributed by atoms with van der Waals surface area (Å²) in [5.41, 5.74) is 0.899. The zero-order valence-electron chi connectivity index (χ0n) is 15.5. The Morgan fingerprint density at radius 3 is 2.52 bits per heavy atom. The number of nitrogens with zero attached hydrogens (tertiary/aromatic N) is 1. The molecule has 1 aromatic carbocycles. The van der Waals surface area contributed by atoms with Gasteiger partial charge in [-0.25, -0.2) is 4.98 Å². The molecule has 1 heterocycles. The minimum atomic E-state index is 0.0649. The van der Waals surface area contributed by atoms with E-state index in [1.807, 2.05) is 25.1 Å². The van der Waals surface area contributed by atoms with Crippen molar-refractivity contribution >= 4 is 32.6 Å². The number of hydrogen-bond acceptors (Lipinski definition) is 4. The molecule has 2 rings (SSSR count). The van der Waals surface area contributed by atoms with E-state index in [2.05, 4.69) is 17.2 Å². The number of aromatic nitrogens is 1. The summed E-state index contributed by atoms with van der Waals surface area (Å²) < 4.78 is 6.54. The SMILES string of the molecule is CCCCCCCCCCC(=O)Nc1nc2ccc(OCC)cc2s1. The van der Waals surface area contributed by atoms with E-state index in [1.54, 1.807) is 0 Å². The maximum atomic E-state index is 12.1. The molecule has 0 aliphatic carbocycles. The number of hydrogen-bond donors (Lipinski definition) is 1. The number of fused-ring (bicyclic) bond motifs is 1. The molecule has 1 aromatic heterocycles. The van der Waals surface area contributed by atoms with Gasteiger partial charge in [0.15, 0.2) is 5.13 Å². The second-order valence-electron chi connectivity index (χ2n) is 6.35. The van der Waals surface area contributed by atoms with Crippen molar-refractivity contribution in [1.29, 1.82) is 0 Å². The summed E-state index contributed by atoms with van der Waals surface area (Å²) in [6, 6.07) is 5.83. The summed E-state index contributed by atoms with van der Waals surface area (Å²) in [6.07, 6.45) is 10.5. The van der Waals surface area contributed by atoms with Gasteiger partial charge in [0.05, 0.1) is 16.8 Å².